The molecule has 0 radical (unpaired) electrons. The molecular weight excluding hydrogens is 184 g/mol. The molecule has 0 unspecified atom stereocenters. The first kappa shape index (κ1) is 10.8. The Balaban J connectivity index is 2.54. The summed E-state index contributed by atoms with van der Waals surface area (Å²) in [6.45, 7) is -0.0312. The molecule has 1 fully saturated rings. The molecule has 0 atom stereocenters. The highest BCUT2D eigenvalue weighted by Gasteiger charge is 2.26. The lowest BCUT2D eigenvalue weighted by Crippen LogP contribution is -2.45. The Bertz CT molecular complexity index is 224. The fourth-order valence-electron chi connectivity index (χ4n) is 1.81. The van der Waals surface area contributed by atoms with Crippen molar-refractivity contribution >= 4 is 12.0 Å². The fraction of sp³-hybridized carbons (Fsp3) is 0.778. The monoisotopic (exact) mass is 200 g/mol. The average Bonchev–Trinajstić information content (AvgIpc) is 2.65. The van der Waals surface area contributed by atoms with Crippen molar-refractivity contribution in [2.24, 2.45) is 5.73 Å². The summed E-state index contributed by atoms with van der Waals surface area (Å²) >= 11 is 0. The average molecular weight is 200 g/mol. The van der Waals surface area contributed by atoms with Crippen LogP contribution in [0, 0.1) is 0 Å². The first-order valence-corrected chi connectivity index (χ1v) is 4.78. The molecule has 0 aromatic heterocycles. The Labute approximate surface area is 83.2 Å². The molecule has 0 heterocycles. The molecule has 5 heteroatoms. The number of urea groups is 1. The van der Waals surface area contributed by atoms with Gasteiger partial charge in [-0.3, -0.25) is 4.79 Å². The molecule has 2 N–H and O–H groups in total. The van der Waals surface area contributed by atoms with Crippen LogP contribution < -0.4 is 5.73 Å². The highest BCUT2D eigenvalue weighted by atomic mass is 16.5. The number of nitrogens with two attached hydrogens (primary N) is 1. The van der Waals surface area contributed by atoms with E-state index in [-0.39, 0.29) is 12.6 Å². The lowest BCUT2D eigenvalue weighted by molar-refractivity contribution is -0.141. The van der Waals surface area contributed by atoms with Crippen LogP contribution in [0.15, 0.2) is 0 Å². The zero-order valence-electron chi connectivity index (χ0n) is 8.36. The number of nitrogens with zero attached hydrogens (tertiary/aromatic N) is 1. The lowest BCUT2D eigenvalue weighted by Gasteiger charge is -2.25. The topological polar surface area (TPSA) is 72.6 Å². The first-order valence-electron chi connectivity index (χ1n) is 4.78. The molecule has 1 rings (SSSR count). The summed E-state index contributed by atoms with van der Waals surface area (Å²) < 4.78 is 4.50. The Morgan fingerprint density at radius 2 is 2.00 bits per heavy atom. The number of amides is 2. The molecule has 0 spiro atoms. The highest BCUT2D eigenvalue weighted by Crippen LogP contribution is 2.23. The second kappa shape index (κ2) is 4.83. The normalized spacial score (nSPS) is 16.6. The zero-order chi connectivity index (χ0) is 10.6. The van der Waals surface area contributed by atoms with Gasteiger partial charge in [-0.25, -0.2) is 4.79 Å². The maximum Gasteiger partial charge on any atom is 0.325 e. The van der Waals surface area contributed by atoms with Crippen LogP contribution in [0.5, 0.6) is 0 Å². The van der Waals surface area contributed by atoms with E-state index < -0.39 is 12.0 Å². The minimum absolute atomic E-state index is 0.0312. The number of rotatable bonds is 3. The van der Waals surface area contributed by atoms with Gasteiger partial charge in [0.1, 0.15) is 6.54 Å². The van der Waals surface area contributed by atoms with E-state index in [1.54, 1.807) is 0 Å². The summed E-state index contributed by atoms with van der Waals surface area (Å²) in [5.41, 5.74) is 5.20. The molecule has 0 aliphatic heterocycles. The van der Waals surface area contributed by atoms with Gasteiger partial charge in [-0.2, -0.15) is 0 Å². The van der Waals surface area contributed by atoms with Gasteiger partial charge in [0, 0.05) is 6.04 Å². The molecular formula is C9H16N2O3. The van der Waals surface area contributed by atoms with E-state index in [1.165, 1.54) is 12.0 Å². The SMILES string of the molecule is COC(=O)CN(C(N)=O)C1CCCC1. The predicted molar refractivity (Wildman–Crippen MR) is 50.6 cm³/mol. The van der Waals surface area contributed by atoms with E-state index in [2.05, 4.69) is 4.74 Å². The van der Waals surface area contributed by atoms with Gasteiger partial charge < -0.3 is 15.4 Å². The molecule has 1 aliphatic carbocycles. The molecule has 1 saturated carbocycles. The summed E-state index contributed by atoms with van der Waals surface area (Å²) in [7, 11) is 1.30. The van der Waals surface area contributed by atoms with Crippen LogP contribution in [-0.2, 0) is 9.53 Å². The van der Waals surface area contributed by atoms with Crippen molar-refractivity contribution in [3.63, 3.8) is 0 Å². The van der Waals surface area contributed by atoms with Gasteiger partial charge >= 0.3 is 12.0 Å². The molecule has 2 amide bonds. The van der Waals surface area contributed by atoms with Gasteiger partial charge in [0.25, 0.3) is 0 Å². The van der Waals surface area contributed by atoms with Crippen LogP contribution in [-0.4, -0.2) is 36.6 Å². The number of esters is 1. The van der Waals surface area contributed by atoms with Gasteiger partial charge in [0.2, 0.25) is 0 Å². The third-order valence-electron chi connectivity index (χ3n) is 2.58. The van der Waals surface area contributed by atoms with Crippen molar-refractivity contribution in [2.75, 3.05) is 13.7 Å². The number of hydrogen-bond donors (Lipinski definition) is 1. The Hall–Kier alpha value is -1.26. The minimum atomic E-state index is -0.540. The molecule has 5 nitrogen and oxygen atoms in total. The van der Waals surface area contributed by atoms with Crippen LogP contribution in [0.25, 0.3) is 0 Å². The van der Waals surface area contributed by atoms with Crippen molar-refractivity contribution < 1.29 is 14.3 Å². The number of carbonyl (C=O) groups excluding carboxylic acids is 2. The molecule has 0 aromatic rings. The fourth-order valence-corrected chi connectivity index (χ4v) is 1.81. The Morgan fingerprint density at radius 1 is 1.43 bits per heavy atom. The zero-order valence-corrected chi connectivity index (χ0v) is 8.36. The minimum Gasteiger partial charge on any atom is -0.468 e. The van der Waals surface area contributed by atoms with Gasteiger partial charge in [0.05, 0.1) is 7.11 Å². The molecule has 0 saturated heterocycles. The van der Waals surface area contributed by atoms with Crippen LogP contribution >= 0.6 is 0 Å². The van der Waals surface area contributed by atoms with Crippen LogP contribution in [0.1, 0.15) is 25.7 Å². The predicted octanol–water partition coefficient (Wildman–Crippen LogP) is 0.483. The molecule has 80 valence electrons. The van der Waals surface area contributed by atoms with Crippen molar-refractivity contribution in [3.8, 4) is 0 Å². The standard InChI is InChI=1S/C9H16N2O3/c1-14-8(12)6-11(9(10)13)7-4-2-3-5-7/h7H,2-6H2,1H3,(H2,10,13). The van der Waals surface area contributed by atoms with E-state index >= 15 is 0 Å². The Kier molecular flexibility index (Phi) is 3.73. The number of methoxy groups -OCH3 is 1. The van der Waals surface area contributed by atoms with Crippen molar-refractivity contribution in [3.05, 3.63) is 0 Å². The second-order valence-corrected chi connectivity index (χ2v) is 3.48. The highest BCUT2D eigenvalue weighted by molar-refractivity contribution is 5.80. The van der Waals surface area contributed by atoms with Crippen LogP contribution in [0.2, 0.25) is 0 Å². The van der Waals surface area contributed by atoms with E-state index in [4.69, 9.17) is 5.73 Å². The van der Waals surface area contributed by atoms with Gasteiger partial charge in [0.15, 0.2) is 0 Å². The maximum atomic E-state index is 11.1. The van der Waals surface area contributed by atoms with E-state index in [1.807, 2.05) is 0 Å². The smallest absolute Gasteiger partial charge is 0.325 e. The molecule has 1 aliphatic rings. The third kappa shape index (κ3) is 2.61. The largest absolute Gasteiger partial charge is 0.468 e. The van der Waals surface area contributed by atoms with Gasteiger partial charge in [-0.15, -0.1) is 0 Å². The van der Waals surface area contributed by atoms with E-state index in [0.717, 1.165) is 25.7 Å². The molecule has 0 bridgehead atoms. The van der Waals surface area contributed by atoms with Crippen molar-refractivity contribution in [1.82, 2.24) is 4.90 Å². The second-order valence-electron chi connectivity index (χ2n) is 3.48. The van der Waals surface area contributed by atoms with Crippen molar-refractivity contribution in [2.45, 2.75) is 31.7 Å². The van der Waals surface area contributed by atoms with Crippen molar-refractivity contribution in [1.29, 1.82) is 0 Å². The number of hydrogen-bond acceptors (Lipinski definition) is 3. The summed E-state index contributed by atoms with van der Waals surface area (Å²) in [5.74, 6) is -0.421. The third-order valence-corrected chi connectivity index (χ3v) is 2.58. The molecule has 0 aromatic carbocycles. The number of ether oxygens (including phenoxy) is 1. The first-order chi connectivity index (χ1) is 6.65. The number of carbonyl (C=O) groups is 2. The van der Waals surface area contributed by atoms with Gasteiger partial charge in [-0.05, 0) is 12.8 Å². The van der Waals surface area contributed by atoms with Crippen LogP contribution in [0.3, 0.4) is 0 Å². The lowest BCUT2D eigenvalue weighted by atomic mass is 10.2. The van der Waals surface area contributed by atoms with E-state index in [0.29, 0.717) is 0 Å². The Morgan fingerprint density at radius 3 is 2.43 bits per heavy atom. The van der Waals surface area contributed by atoms with Crippen LogP contribution in [0.4, 0.5) is 4.79 Å². The molecule has 14 heavy (non-hydrogen) atoms. The summed E-state index contributed by atoms with van der Waals surface area (Å²) in [6.07, 6.45) is 4.05. The maximum absolute atomic E-state index is 11.1. The summed E-state index contributed by atoms with van der Waals surface area (Å²) in [6, 6.07) is -0.422. The summed E-state index contributed by atoms with van der Waals surface area (Å²) in [4.78, 5) is 23.5. The number of primary amides is 1. The van der Waals surface area contributed by atoms with E-state index in [9.17, 15) is 9.59 Å². The quantitative estimate of drug-likeness (QED) is 0.673. The summed E-state index contributed by atoms with van der Waals surface area (Å²) in [5, 5.41) is 0. The van der Waals surface area contributed by atoms with Gasteiger partial charge in [-0.1, -0.05) is 12.8 Å².